The normalized spacial score (nSPS) is 22.4. The van der Waals surface area contributed by atoms with Gasteiger partial charge in [-0.25, -0.2) is 4.57 Å². The van der Waals surface area contributed by atoms with E-state index in [-0.39, 0.29) is 12.8 Å². The Hall–Kier alpha value is -2.19. The van der Waals surface area contributed by atoms with Crippen molar-refractivity contribution in [2.45, 2.75) is 224 Å². The van der Waals surface area contributed by atoms with Gasteiger partial charge in [-0.1, -0.05) is 146 Å². The van der Waals surface area contributed by atoms with Crippen LogP contribution < -0.4 is 0 Å². The van der Waals surface area contributed by atoms with Crippen LogP contribution in [0.4, 0.5) is 0 Å². The Morgan fingerprint density at radius 3 is 1.41 bits per heavy atom. The van der Waals surface area contributed by atoms with E-state index in [2.05, 4.69) is 50.3 Å². The molecule has 1 fully saturated rings. The van der Waals surface area contributed by atoms with Gasteiger partial charge in [0, 0.05) is 12.8 Å². The van der Waals surface area contributed by atoms with Crippen molar-refractivity contribution in [1.29, 1.82) is 0 Å². The lowest BCUT2D eigenvalue weighted by atomic mass is 9.85. The van der Waals surface area contributed by atoms with Crippen LogP contribution in [0.25, 0.3) is 0 Å². The van der Waals surface area contributed by atoms with Gasteiger partial charge in [0.05, 0.1) is 6.61 Å². The number of carbonyl (C=O) groups is 2. The number of aliphatic hydroxyl groups excluding tert-OH is 5. The summed E-state index contributed by atoms with van der Waals surface area (Å²) >= 11 is 0. The van der Waals surface area contributed by atoms with Crippen molar-refractivity contribution >= 4 is 19.8 Å². The van der Waals surface area contributed by atoms with E-state index in [0.717, 1.165) is 57.8 Å². The third-order valence-corrected chi connectivity index (χ3v) is 11.6. The molecule has 8 atom stereocenters. The van der Waals surface area contributed by atoms with Crippen LogP contribution in [0, 0.1) is 0 Å². The largest absolute Gasteiger partial charge is 0.472 e. The fourth-order valence-electron chi connectivity index (χ4n) is 6.83. The Kier molecular flexibility index (Phi) is 34.7. The van der Waals surface area contributed by atoms with E-state index in [1.807, 2.05) is 12.2 Å². The molecule has 13 nitrogen and oxygen atoms in total. The molecule has 0 saturated heterocycles. The van der Waals surface area contributed by atoms with Crippen molar-refractivity contribution in [2.24, 2.45) is 0 Å². The second kappa shape index (κ2) is 37.2. The van der Waals surface area contributed by atoms with Crippen LogP contribution in [0.1, 0.15) is 181 Å². The Morgan fingerprint density at radius 2 is 0.902 bits per heavy atom. The number of unbranched alkanes of at least 4 members (excludes halogenated alkanes) is 18. The van der Waals surface area contributed by atoms with Gasteiger partial charge in [-0.15, -0.1) is 0 Å². The zero-order chi connectivity index (χ0) is 45.0. The number of allylic oxidation sites excluding steroid dienone is 8. The SMILES string of the molecule is CCCCCCCC/C=C\C/C=C\C/C=C\CCCC(=O)O[C@H](COC(=O)CCCCCCC/C=C\CCCCCCCC)COP(=O)(O)OC1C(O)C(O)C(O)[C@@H](O)C1O. The van der Waals surface area contributed by atoms with Gasteiger partial charge >= 0.3 is 19.8 Å². The zero-order valence-corrected chi connectivity index (χ0v) is 38.3. The highest BCUT2D eigenvalue weighted by atomic mass is 31.2. The standard InChI is InChI=1S/C47H83O13P/c1-3-5-7-9-11-13-15-17-19-20-22-24-26-28-30-32-34-36-41(49)59-39(38-58-61(55,56)60-47-45(53)43(51)42(50)44(52)46(47)54)37-57-40(48)35-33-31-29-27-25-23-21-18-16-14-12-10-8-6-4-2/h17-19,21-22,24,28,30,39,42-47,50-54H,3-16,20,23,25-27,29,31-38H2,1-2H3,(H,55,56)/b19-17-,21-18-,24-22-,30-28-/t39-,42?,43-,44?,45?,46?,47?/m1/s1. The van der Waals surface area contributed by atoms with E-state index < -0.39 is 75.7 Å². The first-order chi connectivity index (χ1) is 29.4. The average molecular weight is 887 g/mol. The number of aliphatic hydroxyl groups is 5. The minimum atomic E-state index is -5.13. The molecule has 0 aromatic carbocycles. The summed E-state index contributed by atoms with van der Waals surface area (Å²) in [6, 6.07) is 0. The van der Waals surface area contributed by atoms with E-state index >= 15 is 0 Å². The van der Waals surface area contributed by atoms with E-state index in [0.29, 0.717) is 19.3 Å². The highest BCUT2D eigenvalue weighted by Gasteiger charge is 2.51. The minimum Gasteiger partial charge on any atom is -0.462 e. The maximum absolute atomic E-state index is 12.8. The highest BCUT2D eigenvalue weighted by Crippen LogP contribution is 2.47. The van der Waals surface area contributed by atoms with Crippen LogP contribution in [0.5, 0.6) is 0 Å². The highest BCUT2D eigenvalue weighted by molar-refractivity contribution is 7.47. The van der Waals surface area contributed by atoms with E-state index in [1.54, 1.807) is 0 Å². The van der Waals surface area contributed by atoms with E-state index in [9.17, 15) is 44.6 Å². The Labute approximate surface area is 367 Å². The van der Waals surface area contributed by atoms with E-state index in [4.69, 9.17) is 18.5 Å². The van der Waals surface area contributed by atoms with Gasteiger partial charge in [0.15, 0.2) is 6.10 Å². The van der Waals surface area contributed by atoms with Crippen molar-refractivity contribution in [1.82, 2.24) is 0 Å². The number of phosphoric acid groups is 1. The van der Waals surface area contributed by atoms with Crippen LogP contribution in [-0.2, 0) is 32.7 Å². The van der Waals surface area contributed by atoms with E-state index in [1.165, 1.54) is 77.0 Å². The number of esters is 2. The van der Waals surface area contributed by atoms with Gasteiger partial charge in [-0.3, -0.25) is 18.6 Å². The number of carbonyl (C=O) groups excluding carboxylic acids is 2. The molecule has 1 aliphatic carbocycles. The smallest absolute Gasteiger partial charge is 0.462 e. The molecule has 0 aromatic heterocycles. The summed E-state index contributed by atoms with van der Waals surface area (Å²) in [5.41, 5.74) is 0. The maximum atomic E-state index is 12.8. The predicted molar refractivity (Wildman–Crippen MR) is 239 cm³/mol. The second-order valence-electron chi connectivity index (χ2n) is 16.3. The minimum absolute atomic E-state index is 0.0226. The molecular formula is C47H83O13P. The van der Waals surface area contributed by atoms with Crippen LogP contribution in [-0.4, -0.2) is 98.3 Å². The molecule has 1 saturated carbocycles. The fourth-order valence-corrected chi connectivity index (χ4v) is 7.80. The van der Waals surface area contributed by atoms with Gasteiger partial charge in [-0.2, -0.15) is 0 Å². The first kappa shape index (κ1) is 56.8. The number of rotatable bonds is 38. The van der Waals surface area contributed by atoms with Gasteiger partial charge in [0.1, 0.15) is 43.2 Å². The molecule has 0 bridgehead atoms. The lowest BCUT2D eigenvalue weighted by Crippen LogP contribution is -2.64. The lowest BCUT2D eigenvalue weighted by molar-refractivity contribution is -0.220. The van der Waals surface area contributed by atoms with Gasteiger partial charge in [-0.05, 0) is 70.6 Å². The molecule has 1 aliphatic rings. The Balaban J connectivity index is 2.51. The molecular weight excluding hydrogens is 803 g/mol. The molecule has 0 aromatic rings. The molecule has 6 unspecified atom stereocenters. The molecule has 14 heteroatoms. The van der Waals surface area contributed by atoms with Crippen LogP contribution >= 0.6 is 7.82 Å². The molecule has 0 spiro atoms. The number of hydrogen-bond acceptors (Lipinski definition) is 12. The quantitative estimate of drug-likeness (QED) is 0.0148. The summed E-state index contributed by atoms with van der Waals surface area (Å²) in [5, 5.41) is 50.1. The third kappa shape index (κ3) is 29.7. The molecule has 0 radical (unpaired) electrons. The van der Waals surface area contributed by atoms with Crippen molar-refractivity contribution < 1.29 is 63.1 Å². The fraction of sp³-hybridized carbons (Fsp3) is 0.787. The van der Waals surface area contributed by atoms with Crippen molar-refractivity contribution in [2.75, 3.05) is 13.2 Å². The topological polar surface area (TPSA) is 210 Å². The van der Waals surface area contributed by atoms with Crippen LogP contribution in [0.2, 0.25) is 0 Å². The molecule has 1 rings (SSSR count). The lowest BCUT2D eigenvalue weighted by Gasteiger charge is -2.41. The average Bonchev–Trinajstić information content (AvgIpc) is 3.24. The molecule has 61 heavy (non-hydrogen) atoms. The van der Waals surface area contributed by atoms with Gasteiger partial charge in [0.25, 0.3) is 0 Å². The second-order valence-corrected chi connectivity index (χ2v) is 17.7. The molecule has 6 N–H and O–H groups in total. The molecule has 354 valence electrons. The van der Waals surface area contributed by atoms with Gasteiger partial charge < -0.3 is 39.9 Å². The zero-order valence-electron chi connectivity index (χ0n) is 37.4. The Morgan fingerprint density at radius 1 is 0.508 bits per heavy atom. The maximum Gasteiger partial charge on any atom is 0.472 e. The van der Waals surface area contributed by atoms with Crippen molar-refractivity contribution in [3.8, 4) is 0 Å². The third-order valence-electron chi connectivity index (χ3n) is 10.6. The summed E-state index contributed by atoms with van der Waals surface area (Å²) < 4.78 is 33.5. The monoisotopic (exact) mass is 887 g/mol. The summed E-state index contributed by atoms with van der Waals surface area (Å²) in [5.74, 6) is -1.17. The summed E-state index contributed by atoms with van der Waals surface area (Å²) in [6.45, 7) is 3.24. The number of phosphoric ester groups is 1. The predicted octanol–water partition coefficient (Wildman–Crippen LogP) is 9.17. The summed E-state index contributed by atoms with van der Waals surface area (Å²) in [4.78, 5) is 35.7. The van der Waals surface area contributed by atoms with Crippen LogP contribution in [0.15, 0.2) is 48.6 Å². The van der Waals surface area contributed by atoms with Gasteiger partial charge in [0.2, 0.25) is 0 Å². The van der Waals surface area contributed by atoms with Crippen LogP contribution in [0.3, 0.4) is 0 Å². The van der Waals surface area contributed by atoms with Crippen molar-refractivity contribution in [3.05, 3.63) is 48.6 Å². The first-order valence-corrected chi connectivity index (χ1v) is 24.9. The molecule has 0 heterocycles. The summed E-state index contributed by atoms with van der Waals surface area (Å²) in [6.07, 6.45) is 30.3. The number of ether oxygens (including phenoxy) is 2. The Bertz CT molecular complexity index is 1250. The summed E-state index contributed by atoms with van der Waals surface area (Å²) in [7, 11) is -5.13. The van der Waals surface area contributed by atoms with Crippen molar-refractivity contribution in [3.63, 3.8) is 0 Å². The molecule has 0 aliphatic heterocycles. The number of hydrogen-bond donors (Lipinski definition) is 6. The first-order valence-electron chi connectivity index (χ1n) is 23.4. The molecule has 0 amide bonds.